The average molecular weight is 348 g/mol. The average Bonchev–Trinajstić information content (AvgIpc) is 2.28. The summed E-state index contributed by atoms with van der Waals surface area (Å²) >= 11 is 3.26. The molecule has 0 aliphatic heterocycles. The van der Waals surface area contributed by atoms with Crippen LogP contribution in [0.25, 0.3) is 0 Å². The van der Waals surface area contributed by atoms with E-state index in [1.165, 1.54) is 17.0 Å². The molecule has 1 aromatic carbocycles. The number of amides is 1. The van der Waals surface area contributed by atoms with Gasteiger partial charge in [-0.3, -0.25) is 4.79 Å². The molecule has 6 heteroatoms. The predicted molar refractivity (Wildman–Crippen MR) is 78.6 cm³/mol. The van der Waals surface area contributed by atoms with Gasteiger partial charge in [0.1, 0.15) is 5.25 Å². The lowest BCUT2D eigenvalue weighted by Gasteiger charge is -2.23. The Morgan fingerprint density at radius 3 is 2.00 bits per heavy atom. The van der Waals surface area contributed by atoms with Crippen LogP contribution in [0.2, 0.25) is 0 Å². The summed E-state index contributed by atoms with van der Waals surface area (Å²) < 4.78 is 25.9. The number of halogens is 1. The van der Waals surface area contributed by atoms with Gasteiger partial charge in [-0.1, -0.05) is 29.8 Å². The van der Waals surface area contributed by atoms with Crippen molar-refractivity contribution in [3.05, 3.63) is 28.7 Å². The van der Waals surface area contributed by atoms with Crippen LogP contribution in [0.5, 0.6) is 0 Å². The van der Waals surface area contributed by atoms with Gasteiger partial charge in [0.15, 0.2) is 9.84 Å². The zero-order valence-electron chi connectivity index (χ0n) is 11.4. The first-order valence-corrected chi connectivity index (χ1v) is 8.22. The zero-order valence-corrected chi connectivity index (χ0v) is 13.8. The summed E-state index contributed by atoms with van der Waals surface area (Å²) in [6.45, 7) is 3.48. The number of benzene rings is 1. The third-order valence-corrected chi connectivity index (χ3v) is 5.64. The monoisotopic (exact) mass is 347 g/mol. The van der Waals surface area contributed by atoms with Gasteiger partial charge in [-0.2, -0.15) is 0 Å². The van der Waals surface area contributed by atoms with Gasteiger partial charge in [-0.15, -0.1) is 0 Å². The summed E-state index contributed by atoms with van der Waals surface area (Å²) in [6, 6.07) is 6.34. The molecule has 0 fully saturated rings. The van der Waals surface area contributed by atoms with Gasteiger partial charge in [0, 0.05) is 18.6 Å². The predicted octanol–water partition coefficient (Wildman–Crippen LogP) is 2.34. The molecule has 0 heterocycles. The highest BCUT2D eigenvalue weighted by Gasteiger charge is 2.37. The van der Waals surface area contributed by atoms with E-state index in [1.54, 1.807) is 40.1 Å². The molecule has 0 aliphatic carbocycles. The van der Waals surface area contributed by atoms with Crippen molar-refractivity contribution in [1.29, 1.82) is 0 Å². The molecule has 1 amide bonds. The number of carbonyl (C=O) groups excluding carboxylic acids is 1. The summed E-state index contributed by atoms with van der Waals surface area (Å²) in [5, 5.41) is -1.05. The van der Waals surface area contributed by atoms with Gasteiger partial charge in [-0.25, -0.2) is 8.42 Å². The van der Waals surface area contributed by atoms with Gasteiger partial charge in [0.05, 0.1) is 4.90 Å². The first-order chi connectivity index (χ1) is 8.67. The smallest absolute Gasteiger partial charge is 0.241 e. The highest BCUT2D eigenvalue weighted by molar-refractivity contribution is 9.10. The number of hydrogen-bond donors (Lipinski definition) is 0. The second-order valence-corrected chi connectivity index (χ2v) is 7.88. The first-order valence-electron chi connectivity index (χ1n) is 5.88. The molecular formula is C13H18BrNO3S. The lowest BCUT2D eigenvalue weighted by Crippen LogP contribution is -2.42. The third kappa shape index (κ3) is 3.57. The Kier molecular flexibility index (Phi) is 5.15. The Hall–Kier alpha value is -0.880. The summed E-state index contributed by atoms with van der Waals surface area (Å²) in [7, 11) is -0.545. The van der Waals surface area contributed by atoms with Gasteiger partial charge in [0.2, 0.25) is 5.91 Å². The number of nitrogens with zero attached hydrogens (tertiary/aromatic N) is 1. The highest BCUT2D eigenvalue weighted by Crippen LogP contribution is 2.24. The number of rotatable bonds is 4. The van der Waals surface area contributed by atoms with E-state index in [4.69, 9.17) is 0 Å². The molecule has 0 radical (unpaired) electrons. The van der Waals surface area contributed by atoms with Crippen LogP contribution in [0, 0.1) is 5.92 Å². The van der Waals surface area contributed by atoms with Gasteiger partial charge < -0.3 is 4.90 Å². The van der Waals surface area contributed by atoms with Crippen molar-refractivity contribution in [2.45, 2.75) is 24.0 Å². The van der Waals surface area contributed by atoms with Crippen molar-refractivity contribution in [1.82, 2.24) is 4.90 Å². The minimum Gasteiger partial charge on any atom is -0.348 e. The Labute approximate surface area is 122 Å². The molecule has 1 aromatic rings. The molecule has 0 saturated carbocycles. The van der Waals surface area contributed by atoms with E-state index in [0.29, 0.717) is 0 Å². The molecule has 0 spiro atoms. The number of carbonyl (C=O) groups is 1. The molecule has 0 N–H and O–H groups in total. The fourth-order valence-corrected chi connectivity index (χ4v) is 4.07. The summed E-state index contributed by atoms with van der Waals surface area (Å²) in [6.07, 6.45) is 0. The third-order valence-electron chi connectivity index (χ3n) is 2.77. The zero-order chi connectivity index (χ0) is 14.8. The minimum absolute atomic E-state index is 0.171. The maximum Gasteiger partial charge on any atom is 0.241 e. The molecule has 0 aromatic heterocycles. The molecular weight excluding hydrogens is 330 g/mol. The van der Waals surface area contributed by atoms with Crippen LogP contribution in [-0.2, 0) is 14.6 Å². The molecule has 0 bridgehead atoms. The standard InChI is InChI=1S/C13H18BrNO3S/c1-9(2)12(13(16)15(3)4)19(17,18)11-7-5-10(14)6-8-11/h5-9,12H,1-4H3/t12-/m1/s1. The van der Waals surface area contributed by atoms with Gasteiger partial charge in [0.25, 0.3) is 0 Å². The Balaban J connectivity index is 3.28. The fraction of sp³-hybridized carbons (Fsp3) is 0.462. The fourth-order valence-electron chi connectivity index (χ4n) is 1.80. The van der Waals surface area contributed by atoms with Crippen LogP contribution in [0.3, 0.4) is 0 Å². The normalized spacial score (nSPS) is 13.4. The molecule has 106 valence electrons. The molecule has 4 nitrogen and oxygen atoms in total. The van der Waals surface area contributed by atoms with Crippen molar-refractivity contribution < 1.29 is 13.2 Å². The van der Waals surface area contributed by atoms with Crippen LogP contribution < -0.4 is 0 Å². The van der Waals surface area contributed by atoms with E-state index < -0.39 is 21.0 Å². The topological polar surface area (TPSA) is 54.5 Å². The van der Waals surface area contributed by atoms with Crippen LogP contribution >= 0.6 is 15.9 Å². The second-order valence-electron chi connectivity index (χ2n) is 4.90. The van der Waals surface area contributed by atoms with Crippen molar-refractivity contribution in [3.8, 4) is 0 Å². The molecule has 1 rings (SSSR count). The van der Waals surface area contributed by atoms with Crippen molar-refractivity contribution in [2.75, 3.05) is 14.1 Å². The van der Waals surface area contributed by atoms with E-state index >= 15 is 0 Å². The van der Waals surface area contributed by atoms with Crippen molar-refractivity contribution in [3.63, 3.8) is 0 Å². The summed E-state index contributed by atoms with van der Waals surface area (Å²) in [4.78, 5) is 13.6. The Morgan fingerprint density at radius 1 is 1.16 bits per heavy atom. The first kappa shape index (κ1) is 16.2. The van der Waals surface area contributed by atoms with Gasteiger partial charge >= 0.3 is 0 Å². The van der Waals surface area contributed by atoms with Gasteiger partial charge in [-0.05, 0) is 30.2 Å². The van der Waals surface area contributed by atoms with Crippen LogP contribution in [0.15, 0.2) is 33.6 Å². The minimum atomic E-state index is -3.67. The lowest BCUT2D eigenvalue weighted by molar-refractivity contribution is -0.128. The van der Waals surface area contributed by atoms with E-state index in [2.05, 4.69) is 15.9 Å². The number of sulfone groups is 1. The Bertz CT molecular complexity index is 550. The van der Waals surface area contributed by atoms with Crippen molar-refractivity contribution in [2.24, 2.45) is 5.92 Å². The molecule has 0 aliphatic rings. The van der Waals surface area contributed by atoms with E-state index in [9.17, 15) is 13.2 Å². The van der Waals surface area contributed by atoms with Crippen LogP contribution in [0.1, 0.15) is 13.8 Å². The SMILES string of the molecule is CC(C)[C@H](C(=O)N(C)C)S(=O)(=O)c1ccc(Br)cc1. The molecule has 0 saturated heterocycles. The highest BCUT2D eigenvalue weighted by atomic mass is 79.9. The summed E-state index contributed by atoms with van der Waals surface area (Å²) in [5.41, 5.74) is 0. The van der Waals surface area contributed by atoms with Crippen molar-refractivity contribution >= 4 is 31.7 Å². The molecule has 0 unspecified atom stereocenters. The molecule has 19 heavy (non-hydrogen) atoms. The van der Waals surface area contributed by atoms with E-state index in [1.807, 2.05) is 0 Å². The second kappa shape index (κ2) is 6.05. The molecule has 1 atom stereocenters. The van der Waals surface area contributed by atoms with Crippen LogP contribution in [-0.4, -0.2) is 38.6 Å². The van der Waals surface area contributed by atoms with E-state index in [0.717, 1.165) is 4.47 Å². The summed E-state index contributed by atoms with van der Waals surface area (Å²) in [5.74, 6) is -0.679. The van der Waals surface area contributed by atoms with Crippen LogP contribution in [0.4, 0.5) is 0 Å². The lowest BCUT2D eigenvalue weighted by atomic mass is 10.1. The Morgan fingerprint density at radius 2 is 1.63 bits per heavy atom. The largest absolute Gasteiger partial charge is 0.348 e. The maximum atomic E-state index is 12.6. The quantitative estimate of drug-likeness (QED) is 0.839. The maximum absolute atomic E-state index is 12.6. The number of hydrogen-bond acceptors (Lipinski definition) is 3. The van der Waals surface area contributed by atoms with E-state index in [-0.39, 0.29) is 10.8 Å².